The molecule has 2 rings (SSSR count). The topological polar surface area (TPSA) is 67.0 Å². The summed E-state index contributed by atoms with van der Waals surface area (Å²) in [7, 11) is 1.31. The van der Waals surface area contributed by atoms with Gasteiger partial charge in [-0.25, -0.2) is 9.78 Å². The second kappa shape index (κ2) is 3.61. The number of fused-ring (bicyclic) bond motifs is 1. The van der Waals surface area contributed by atoms with E-state index in [1.54, 1.807) is 0 Å². The molecule has 1 amide bonds. The number of imidazole rings is 1. The lowest BCUT2D eigenvalue weighted by Gasteiger charge is -1.96. The van der Waals surface area contributed by atoms with Crippen LogP contribution in [-0.2, 0) is 4.74 Å². The number of hydrogen-bond acceptors (Lipinski definition) is 3. The number of nitrogens with one attached hydrogen (secondary N) is 2. The van der Waals surface area contributed by atoms with Crippen molar-refractivity contribution < 1.29 is 9.53 Å². The van der Waals surface area contributed by atoms with E-state index in [0.29, 0.717) is 5.95 Å². The third-order valence-electron chi connectivity index (χ3n) is 2.04. The van der Waals surface area contributed by atoms with Crippen LogP contribution < -0.4 is 5.32 Å². The average molecular weight is 205 g/mol. The SMILES string of the molecule is COC(=O)Nc1nc2ccc(C)cc2[nH]1. The minimum absolute atomic E-state index is 0.391. The number of ether oxygens (including phenoxy) is 1. The Kier molecular flexibility index (Phi) is 2.29. The van der Waals surface area contributed by atoms with Gasteiger partial charge in [-0.05, 0) is 24.6 Å². The Hall–Kier alpha value is -2.04. The average Bonchev–Trinajstić information content (AvgIpc) is 2.59. The Morgan fingerprint density at radius 3 is 3.07 bits per heavy atom. The number of anilines is 1. The van der Waals surface area contributed by atoms with Crippen molar-refractivity contribution in [2.24, 2.45) is 0 Å². The lowest BCUT2D eigenvalue weighted by Crippen LogP contribution is -2.11. The monoisotopic (exact) mass is 205 g/mol. The summed E-state index contributed by atoms with van der Waals surface area (Å²) in [6.07, 6.45) is -0.536. The lowest BCUT2D eigenvalue weighted by atomic mass is 10.2. The van der Waals surface area contributed by atoms with E-state index >= 15 is 0 Å². The number of aromatic amines is 1. The lowest BCUT2D eigenvalue weighted by molar-refractivity contribution is 0.186. The molecule has 0 aliphatic rings. The van der Waals surface area contributed by atoms with Crippen molar-refractivity contribution in [1.82, 2.24) is 9.97 Å². The number of hydrogen-bond donors (Lipinski definition) is 2. The van der Waals surface area contributed by atoms with E-state index in [1.807, 2.05) is 25.1 Å². The first kappa shape index (κ1) is 9.51. The molecule has 2 N–H and O–H groups in total. The molecule has 0 fully saturated rings. The highest BCUT2D eigenvalue weighted by atomic mass is 16.5. The third-order valence-corrected chi connectivity index (χ3v) is 2.04. The molecule has 0 bridgehead atoms. The number of carbonyl (C=O) groups excluding carboxylic acids is 1. The Morgan fingerprint density at radius 1 is 1.53 bits per heavy atom. The number of amides is 1. The van der Waals surface area contributed by atoms with Crippen molar-refractivity contribution in [3.8, 4) is 0 Å². The smallest absolute Gasteiger partial charge is 0.413 e. The van der Waals surface area contributed by atoms with Crippen LogP contribution in [0, 0.1) is 6.92 Å². The molecule has 0 atom stereocenters. The number of methoxy groups -OCH3 is 1. The van der Waals surface area contributed by atoms with Crippen molar-refractivity contribution in [1.29, 1.82) is 0 Å². The van der Waals surface area contributed by atoms with Gasteiger partial charge >= 0.3 is 6.09 Å². The summed E-state index contributed by atoms with van der Waals surface area (Å²) in [5.74, 6) is 0.391. The number of H-pyrrole nitrogens is 1. The molecule has 0 radical (unpaired) electrons. The molecule has 78 valence electrons. The normalized spacial score (nSPS) is 10.3. The largest absolute Gasteiger partial charge is 0.453 e. The summed E-state index contributed by atoms with van der Waals surface area (Å²) >= 11 is 0. The predicted molar refractivity (Wildman–Crippen MR) is 56.9 cm³/mol. The molecule has 0 spiro atoms. The van der Waals surface area contributed by atoms with E-state index in [2.05, 4.69) is 20.0 Å². The van der Waals surface area contributed by atoms with Gasteiger partial charge in [0.25, 0.3) is 0 Å². The number of aryl methyl sites for hydroxylation is 1. The summed E-state index contributed by atoms with van der Waals surface area (Å²) in [6, 6.07) is 5.82. The molecule has 0 unspecified atom stereocenters. The number of nitrogens with zero attached hydrogens (tertiary/aromatic N) is 1. The Morgan fingerprint density at radius 2 is 2.33 bits per heavy atom. The fourth-order valence-electron chi connectivity index (χ4n) is 1.33. The van der Waals surface area contributed by atoms with Gasteiger partial charge in [0.15, 0.2) is 0 Å². The standard InChI is InChI=1S/C10H11N3O2/c1-6-3-4-7-8(5-6)12-9(11-7)13-10(14)15-2/h3-5H,1-2H3,(H2,11,12,13,14). The Labute approximate surface area is 86.5 Å². The number of rotatable bonds is 1. The van der Waals surface area contributed by atoms with Gasteiger partial charge in [-0.15, -0.1) is 0 Å². The minimum Gasteiger partial charge on any atom is -0.453 e. The van der Waals surface area contributed by atoms with E-state index in [9.17, 15) is 4.79 Å². The highest BCUT2D eigenvalue weighted by Gasteiger charge is 2.05. The molecule has 5 heteroatoms. The van der Waals surface area contributed by atoms with E-state index in [-0.39, 0.29) is 0 Å². The number of carbonyl (C=O) groups is 1. The second-order valence-electron chi connectivity index (χ2n) is 3.22. The quantitative estimate of drug-likeness (QED) is 0.748. The molecule has 5 nitrogen and oxygen atoms in total. The second-order valence-corrected chi connectivity index (χ2v) is 3.22. The molecular weight excluding hydrogens is 194 g/mol. The maximum absolute atomic E-state index is 10.9. The van der Waals surface area contributed by atoms with E-state index < -0.39 is 6.09 Å². The van der Waals surface area contributed by atoms with Crippen LogP contribution in [0.4, 0.5) is 10.7 Å². The summed E-state index contributed by atoms with van der Waals surface area (Å²) in [4.78, 5) is 18.1. The van der Waals surface area contributed by atoms with Crippen LogP contribution in [0.15, 0.2) is 18.2 Å². The first-order valence-electron chi connectivity index (χ1n) is 4.50. The molecule has 1 aromatic heterocycles. The van der Waals surface area contributed by atoms with Crippen LogP contribution in [0.3, 0.4) is 0 Å². The Bertz CT molecular complexity index is 504. The zero-order chi connectivity index (χ0) is 10.8. The van der Waals surface area contributed by atoms with Gasteiger partial charge in [0, 0.05) is 0 Å². The Balaban J connectivity index is 2.34. The highest BCUT2D eigenvalue weighted by Crippen LogP contribution is 2.15. The molecule has 1 aromatic carbocycles. The zero-order valence-corrected chi connectivity index (χ0v) is 8.50. The molecule has 15 heavy (non-hydrogen) atoms. The predicted octanol–water partition coefficient (Wildman–Crippen LogP) is 2.05. The number of aromatic nitrogens is 2. The van der Waals surface area contributed by atoms with Crippen LogP contribution >= 0.6 is 0 Å². The zero-order valence-electron chi connectivity index (χ0n) is 8.50. The molecule has 0 saturated heterocycles. The molecule has 0 saturated carbocycles. The van der Waals surface area contributed by atoms with Crippen molar-refractivity contribution in [2.45, 2.75) is 6.92 Å². The first-order valence-corrected chi connectivity index (χ1v) is 4.50. The summed E-state index contributed by atoms with van der Waals surface area (Å²) in [5, 5.41) is 2.47. The van der Waals surface area contributed by atoms with Gasteiger partial charge in [-0.3, -0.25) is 5.32 Å². The fourth-order valence-corrected chi connectivity index (χ4v) is 1.33. The van der Waals surface area contributed by atoms with Crippen molar-refractivity contribution >= 4 is 23.1 Å². The molecule has 1 heterocycles. The molecular formula is C10H11N3O2. The molecule has 0 aliphatic carbocycles. The van der Waals surface area contributed by atoms with Gasteiger partial charge in [-0.1, -0.05) is 6.07 Å². The van der Waals surface area contributed by atoms with Gasteiger partial charge in [0.2, 0.25) is 5.95 Å². The summed E-state index contributed by atoms with van der Waals surface area (Å²) in [5.41, 5.74) is 2.84. The fraction of sp³-hybridized carbons (Fsp3) is 0.200. The van der Waals surface area contributed by atoms with Crippen molar-refractivity contribution in [3.63, 3.8) is 0 Å². The summed E-state index contributed by atoms with van der Waals surface area (Å²) < 4.78 is 4.46. The third kappa shape index (κ3) is 1.90. The summed E-state index contributed by atoms with van der Waals surface area (Å²) in [6.45, 7) is 1.99. The van der Waals surface area contributed by atoms with Gasteiger partial charge in [0.05, 0.1) is 18.1 Å². The van der Waals surface area contributed by atoms with Gasteiger partial charge < -0.3 is 9.72 Å². The number of benzene rings is 1. The maximum atomic E-state index is 10.9. The van der Waals surface area contributed by atoms with E-state index in [1.165, 1.54) is 7.11 Å². The van der Waals surface area contributed by atoms with Gasteiger partial charge in [-0.2, -0.15) is 0 Å². The van der Waals surface area contributed by atoms with Crippen LogP contribution in [0.1, 0.15) is 5.56 Å². The first-order chi connectivity index (χ1) is 7.19. The van der Waals surface area contributed by atoms with E-state index in [0.717, 1.165) is 16.6 Å². The van der Waals surface area contributed by atoms with Crippen molar-refractivity contribution in [3.05, 3.63) is 23.8 Å². The van der Waals surface area contributed by atoms with Gasteiger partial charge in [0.1, 0.15) is 0 Å². The van der Waals surface area contributed by atoms with Crippen LogP contribution in [0.25, 0.3) is 11.0 Å². The molecule has 0 aliphatic heterocycles. The van der Waals surface area contributed by atoms with Crippen LogP contribution in [-0.4, -0.2) is 23.2 Å². The van der Waals surface area contributed by atoms with Crippen LogP contribution in [0.5, 0.6) is 0 Å². The maximum Gasteiger partial charge on any atom is 0.413 e. The highest BCUT2D eigenvalue weighted by molar-refractivity contribution is 5.86. The molecule has 2 aromatic rings. The van der Waals surface area contributed by atoms with Crippen LogP contribution in [0.2, 0.25) is 0 Å². The van der Waals surface area contributed by atoms with Crippen molar-refractivity contribution in [2.75, 3.05) is 12.4 Å². The minimum atomic E-state index is -0.536. The van der Waals surface area contributed by atoms with E-state index in [4.69, 9.17) is 0 Å².